The summed E-state index contributed by atoms with van der Waals surface area (Å²) in [6, 6.07) is 6.69. The van der Waals surface area contributed by atoms with Gasteiger partial charge in [0.25, 0.3) is 5.91 Å². The van der Waals surface area contributed by atoms with Gasteiger partial charge in [-0.05, 0) is 30.0 Å². The Labute approximate surface area is 118 Å². The predicted octanol–water partition coefficient (Wildman–Crippen LogP) is 1.85. The van der Waals surface area contributed by atoms with Crippen molar-refractivity contribution in [3.8, 4) is 5.75 Å². The van der Waals surface area contributed by atoms with Gasteiger partial charge < -0.3 is 15.2 Å². The van der Waals surface area contributed by atoms with E-state index in [1.54, 1.807) is 24.3 Å². The Bertz CT molecular complexity index is 440. The highest BCUT2D eigenvalue weighted by atomic mass is 16.5. The summed E-state index contributed by atoms with van der Waals surface area (Å²) in [4.78, 5) is 22.0. The second kappa shape index (κ2) is 8.19. The van der Waals surface area contributed by atoms with Crippen molar-refractivity contribution in [2.45, 2.75) is 26.7 Å². The molecule has 0 unspecified atom stereocenters. The second-order valence-electron chi connectivity index (χ2n) is 5.04. The second-order valence-corrected chi connectivity index (χ2v) is 5.04. The standard InChI is InChI=1S/C15H21NO4/c1-11(2)7-8-16-14(17)10-20-13-5-3-12(4-6-13)9-15(18)19/h3-6,11H,7-10H2,1-2H3,(H,16,17)(H,18,19). The minimum absolute atomic E-state index is 0.0179. The molecular weight excluding hydrogens is 258 g/mol. The van der Waals surface area contributed by atoms with E-state index in [4.69, 9.17) is 9.84 Å². The van der Waals surface area contributed by atoms with E-state index >= 15 is 0 Å². The number of carboxylic acids is 1. The lowest BCUT2D eigenvalue weighted by Gasteiger charge is -2.09. The Kier molecular flexibility index (Phi) is 6.56. The van der Waals surface area contributed by atoms with E-state index in [1.165, 1.54) is 0 Å². The van der Waals surface area contributed by atoms with Crippen LogP contribution < -0.4 is 10.1 Å². The Hall–Kier alpha value is -2.04. The zero-order valence-electron chi connectivity index (χ0n) is 11.9. The first-order valence-electron chi connectivity index (χ1n) is 6.67. The van der Waals surface area contributed by atoms with Crippen molar-refractivity contribution in [3.05, 3.63) is 29.8 Å². The quantitative estimate of drug-likeness (QED) is 0.761. The number of benzene rings is 1. The molecule has 0 fully saturated rings. The number of hydrogen-bond donors (Lipinski definition) is 2. The molecule has 1 amide bonds. The predicted molar refractivity (Wildman–Crippen MR) is 75.7 cm³/mol. The molecule has 0 aromatic heterocycles. The van der Waals surface area contributed by atoms with Crippen LogP contribution in [0.25, 0.3) is 0 Å². The fraction of sp³-hybridized carbons (Fsp3) is 0.467. The van der Waals surface area contributed by atoms with Gasteiger partial charge in [-0.2, -0.15) is 0 Å². The molecule has 0 aliphatic rings. The van der Waals surface area contributed by atoms with Gasteiger partial charge in [0, 0.05) is 6.54 Å². The molecule has 5 heteroatoms. The Morgan fingerprint density at radius 2 is 1.90 bits per heavy atom. The van der Waals surface area contributed by atoms with E-state index in [0.29, 0.717) is 23.8 Å². The largest absolute Gasteiger partial charge is 0.484 e. The Balaban J connectivity index is 2.30. The van der Waals surface area contributed by atoms with Gasteiger partial charge in [0.1, 0.15) is 5.75 Å². The molecule has 1 rings (SSSR count). The number of ether oxygens (including phenoxy) is 1. The van der Waals surface area contributed by atoms with Gasteiger partial charge in [0.15, 0.2) is 6.61 Å². The molecule has 5 nitrogen and oxygen atoms in total. The molecule has 0 aliphatic carbocycles. The highest BCUT2D eigenvalue weighted by Crippen LogP contribution is 2.12. The third-order valence-electron chi connectivity index (χ3n) is 2.69. The van der Waals surface area contributed by atoms with Crippen LogP contribution in [0.3, 0.4) is 0 Å². The maximum Gasteiger partial charge on any atom is 0.307 e. The van der Waals surface area contributed by atoms with Crippen LogP contribution in [0.2, 0.25) is 0 Å². The fourth-order valence-corrected chi connectivity index (χ4v) is 1.58. The topological polar surface area (TPSA) is 75.6 Å². The van der Waals surface area contributed by atoms with E-state index in [0.717, 1.165) is 6.42 Å². The first-order chi connectivity index (χ1) is 9.47. The lowest BCUT2D eigenvalue weighted by molar-refractivity contribution is -0.136. The fourth-order valence-electron chi connectivity index (χ4n) is 1.58. The molecule has 0 atom stereocenters. The summed E-state index contributed by atoms with van der Waals surface area (Å²) < 4.78 is 5.33. The van der Waals surface area contributed by atoms with Crippen LogP contribution >= 0.6 is 0 Å². The molecule has 1 aromatic rings. The molecule has 0 radical (unpaired) electrons. The number of carbonyl (C=O) groups excluding carboxylic acids is 1. The number of aliphatic carboxylic acids is 1. The average Bonchev–Trinajstić information content (AvgIpc) is 2.37. The highest BCUT2D eigenvalue weighted by molar-refractivity contribution is 5.77. The molecule has 0 heterocycles. The van der Waals surface area contributed by atoms with E-state index < -0.39 is 5.97 Å². The normalized spacial score (nSPS) is 10.3. The van der Waals surface area contributed by atoms with Crippen LogP contribution in [0, 0.1) is 5.92 Å². The van der Waals surface area contributed by atoms with Gasteiger partial charge in [0.05, 0.1) is 6.42 Å². The summed E-state index contributed by atoms with van der Waals surface area (Å²) in [6.45, 7) is 4.82. The first kappa shape index (κ1) is 16.0. The monoisotopic (exact) mass is 279 g/mol. The molecule has 110 valence electrons. The van der Waals surface area contributed by atoms with Gasteiger partial charge in [0.2, 0.25) is 0 Å². The smallest absolute Gasteiger partial charge is 0.307 e. The van der Waals surface area contributed by atoms with Crippen molar-refractivity contribution in [3.63, 3.8) is 0 Å². The Morgan fingerprint density at radius 1 is 1.25 bits per heavy atom. The molecule has 1 aromatic carbocycles. The van der Waals surface area contributed by atoms with Crippen LogP contribution in [-0.2, 0) is 16.0 Å². The summed E-state index contributed by atoms with van der Waals surface area (Å²) in [5, 5.41) is 11.4. The average molecular weight is 279 g/mol. The van der Waals surface area contributed by atoms with Gasteiger partial charge >= 0.3 is 5.97 Å². The van der Waals surface area contributed by atoms with Crippen molar-refractivity contribution >= 4 is 11.9 Å². The molecular formula is C15H21NO4. The van der Waals surface area contributed by atoms with E-state index in [2.05, 4.69) is 19.2 Å². The molecule has 20 heavy (non-hydrogen) atoms. The lowest BCUT2D eigenvalue weighted by atomic mass is 10.1. The summed E-state index contributed by atoms with van der Waals surface area (Å²) in [5.74, 6) is 0.0830. The third kappa shape index (κ3) is 6.78. The van der Waals surface area contributed by atoms with Gasteiger partial charge in [-0.1, -0.05) is 26.0 Å². The zero-order valence-corrected chi connectivity index (χ0v) is 11.9. The van der Waals surface area contributed by atoms with Crippen LogP contribution in [0.5, 0.6) is 5.75 Å². The number of hydrogen-bond acceptors (Lipinski definition) is 3. The molecule has 0 saturated heterocycles. The molecule has 0 bridgehead atoms. The van der Waals surface area contributed by atoms with Crippen molar-refractivity contribution in [2.24, 2.45) is 5.92 Å². The van der Waals surface area contributed by atoms with Crippen LogP contribution in [0.15, 0.2) is 24.3 Å². The Morgan fingerprint density at radius 3 is 2.45 bits per heavy atom. The number of carboxylic acid groups (broad SMARTS) is 1. The van der Waals surface area contributed by atoms with Crippen molar-refractivity contribution in [1.29, 1.82) is 0 Å². The van der Waals surface area contributed by atoms with E-state index in [1.807, 2.05) is 0 Å². The maximum absolute atomic E-state index is 11.5. The third-order valence-corrected chi connectivity index (χ3v) is 2.69. The summed E-state index contributed by atoms with van der Waals surface area (Å²) in [5.41, 5.74) is 0.700. The van der Waals surface area contributed by atoms with Gasteiger partial charge in [-0.3, -0.25) is 9.59 Å². The van der Waals surface area contributed by atoms with E-state index in [-0.39, 0.29) is 18.9 Å². The molecule has 0 saturated carbocycles. The number of rotatable bonds is 8. The molecule has 2 N–H and O–H groups in total. The number of amides is 1. The minimum atomic E-state index is -0.872. The number of nitrogens with one attached hydrogen (secondary N) is 1. The highest BCUT2D eigenvalue weighted by Gasteiger charge is 2.04. The lowest BCUT2D eigenvalue weighted by Crippen LogP contribution is -2.30. The zero-order chi connectivity index (χ0) is 15.0. The minimum Gasteiger partial charge on any atom is -0.484 e. The maximum atomic E-state index is 11.5. The van der Waals surface area contributed by atoms with Crippen LogP contribution in [0.1, 0.15) is 25.8 Å². The van der Waals surface area contributed by atoms with Gasteiger partial charge in [-0.25, -0.2) is 0 Å². The molecule has 0 spiro atoms. The molecule has 0 aliphatic heterocycles. The van der Waals surface area contributed by atoms with E-state index in [9.17, 15) is 9.59 Å². The first-order valence-corrected chi connectivity index (χ1v) is 6.67. The van der Waals surface area contributed by atoms with Crippen molar-refractivity contribution in [1.82, 2.24) is 5.32 Å². The summed E-state index contributed by atoms with van der Waals surface area (Å²) in [6.07, 6.45) is 0.922. The summed E-state index contributed by atoms with van der Waals surface area (Å²) >= 11 is 0. The summed E-state index contributed by atoms with van der Waals surface area (Å²) in [7, 11) is 0. The van der Waals surface area contributed by atoms with Crippen LogP contribution in [0.4, 0.5) is 0 Å². The van der Waals surface area contributed by atoms with Crippen LogP contribution in [-0.4, -0.2) is 30.1 Å². The number of carbonyl (C=O) groups is 2. The SMILES string of the molecule is CC(C)CCNC(=O)COc1ccc(CC(=O)O)cc1. The van der Waals surface area contributed by atoms with Gasteiger partial charge in [-0.15, -0.1) is 0 Å². The van der Waals surface area contributed by atoms with Crippen molar-refractivity contribution < 1.29 is 19.4 Å². The van der Waals surface area contributed by atoms with Crippen molar-refractivity contribution in [2.75, 3.05) is 13.2 Å².